The van der Waals surface area contributed by atoms with Crippen LogP contribution in [0.25, 0.3) is 10.9 Å². The van der Waals surface area contributed by atoms with Gasteiger partial charge in [0, 0.05) is 12.6 Å². The molecule has 1 heterocycles. The fraction of sp³-hybridized carbons (Fsp3) is 0.462. The lowest BCUT2D eigenvalue weighted by molar-refractivity contribution is 0.504. The summed E-state index contributed by atoms with van der Waals surface area (Å²) < 4.78 is 1.46. The first-order valence-corrected chi connectivity index (χ1v) is 6.40. The number of fused-ring (bicyclic) bond motifs is 1. The van der Waals surface area contributed by atoms with Crippen molar-refractivity contribution in [2.75, 3.05) is 6.54 Å². The van der Waals surface area contributed by atoms with Crippen LogP contribution in [0, 0.1) is 0 Å². The average Bonchev–Trinajstić information content (AvgIpc) is 3.21. The van der Waals surface area contributed by atoms with E-state index in [-0.39, 0.29) is 5.56 Å². The SMILES string of the molecule is O=c1c2ccccc2nnn1CCCNC1CC1. The molecule has 0 bridgehead atoms. The van der Waals surface area contributed by atoms with Crippen LogP contribution in [0.5, 0.6) is 0 Å². The Morgan fingerprint density at radius 3 is 3.00 bits per heavy atom. The number of benzene rings is 1. The minimum Gasteiger partial charge on any atom is -0.314 e. The number of nitrogens with zero attached hydrogens (tertiary/aromatic N) is 3. The van der Waals surface area contributed by atoms with Crippen LogP contribution in [0.3, 0.4) is 0 Å². The molecule has 0 radical (unpaired) electrons. The molecule has 0 unspecified atom stereocenters. The maximum Gasteiger partial charge on any atom is 0.277 e. The summed E-state index contributed by atoms with van der Waals surface area (Å²) in [5.74, 6) is 0. The van der Waals surface area contributed by atoms with Crippen molar-refractivity contribution in [1.29, 1.82) is 0 Å². The summed E-state index contributed by atoms with van der Waals surface area (Å²) >= 11 is 0. The van der Waals surface area contributed by atoms with Crippen molar-refractivity contribution in [1.82, 2.24) is 20.3 Å². The molecule has 94 valence electrons. The number of hydrogen-bond acceptors (Lipinski definition) is 4. The van der Waals surface area contributed by atoms with Gasteiger partial charge in [-0.3, -0.25) is 4.79 Å². The van der Waals surface area contributed by atoms with E-state index >= 15 is 0 Å². The summed E-state index contributed by atoms with van der Waals surface area (Å²) in [7, 11) is 0. The first-order chi connectivity index (χ1) is 8.84. The van der Waals surface area contributed by atoms with Crippen LogP contribution in [0.4, 0.5) is 0 Å². The van der Waals surface area contributed by atoms with Gasteiger partial charge in [0.15, 0.2) is 0 Å². The van der Waals surface area contributed by atoms with Gasteiger partial charge in [-0.25, -0.2) is 4.68 Å². The Labute approximate surface area is 105 Å². The van der Waals surface area contributed by atoms with E-state index in [1.165, 1.54) is 17.5 Å². The standard InChI is InChI=1S/C13H16N4O/c18-13-11-4-1-2-5-12(11)15-16-17(13)9-3-8-14-10-6-7-10/h1-2,4-5,10,14H,3,6-9H2. The number of aromatic nitrogens is 3. The molecule has 1 saturated carbocycles. The van der Waals surface area contributed by atoms with Crippen molar-refractivity contribution in [2.45, 2.75) is 31.8 Å². The average molecular weight is 244 g/mol. The Bertz CT molecular complexity index is 603. The zero-order valence-electron chi connectivity index (χ0n) is 10.2. The van der Waals surface area contributed by atoms with E-state index in [1.807, 2.05) is 18.2 Å². The van der Waals surface area contributed by atoms with Gasteiger partial charge in [-0.1, -0.05) is 17.3 Å². The van der Waals surface area contributed by atoms with Gasteiger partial charge in [0.05, 0.1) is 5.39 Å². The van der Waals surface area contributed by atoms with Crippen molar-refractivity contribution in [3.8, 4) is 0 Å². The minimum atomic E-state index is -0.0491. The fourth-order valence-corrected chi connectivity index (χ4v) is 1.99. The molecular weight excluding hydrogens is 228 g/mol. The van der Waals surface area contributed by atoms with E-state index in [0.29, 0.717) is 23.5 Å². The maximum atomic E-state index is 12.1. The van der Waals surface area contributed by atoms with E-state index < -0.39 is 0 Å². The third-order valence-corrected chi connectivity index (χ3v) is 3.19. The predicted molar refractivity (Wildman–Crippen MR) is 69.4 cm³/mol. The molecule has 1 aromatic heterocycles. The first-order valence-electron chi connectivity index (χ1n) is 6.40. The van der Waals surface area contributed by atoms with Gasteiger partial charge < -0.3 is 5.32 Å². The minimum absolute atomic E-state index is 0.0491. The lowest BCUT2D eigenvalue weighted by atomic mass is 10.2. The zero-order chi connectivity index (χ0) is 12.4. The highest BCUT2D eigenvalue weighted by Gasteiger charge is 2.19. The Morgan fingerprint density at radius 1 is 1.33 bits per heavy atom. The first kappa shape index (κ1) is 11.3. The van der Waals surface area contributed by atoms with E-state index in [0.717, 1.165) is 13.0 Å². The van der Waals surface area contributed by atoms with E-state index in [1.54, 1.807) is 6.07 Å². The van der Waals surface area contributed by atoms with Gasteiger partial charge in [-0.05, 0) is 37.9 Å². The molecule has 1 N–H and O–H groups in total. The number of hydrogen-bond donors (Lipinski definition) is 1. The topological polar surface area (TPSA) is 59.8 Å². The van der Waals surface area contributed by atoms with Crippen molar-refractivity contribution in [2.24, 2.45) is 0 Å². The summed E-state index contributed by atoms with van der Waals surface area (Å²) in [6.07, 6.45) is 3.48. The lowest BCUT2D eigenvalue weighted by Crippen LogP contribution is -2.26. The smallest absolute Gasteiger partial charge is 0.277 e. The number of aryl methyl sites for hydroxylation is 1. The molecule has 0 aliphatic heterocycles. The highest BCUT2D eigenvalue weighted by atomic mass is 16.1. The van der Waals surface area contributed by atoms with Gasteiger partial charge in [-0.2, -0.15) is 0 Å². The second-order valence-electron chi connectivity index (χ2n) is 4.72. The number of rotatable bonds is 5. The third-order valence-electron chi connectivity index (χ3n) is 3.19. The van der Waals surface area contributed by atoms with Gasteiger partial charge in [0.2, 0.25) is 0 Å². The zero-order valence-corrected chi connectivity index (χ0v) is 10.2. The third kappa shape index (κ3) is 2.41. The van der Waals surface area contributed by atoms with Crippen LogP contribution in [-0.4, -0.2) is 27.6 Å². The molecule has 5 nitrogen and oxygen atoms in total. The molecule has 0 atom stereocenters. The molecule has 0 spiro atoms. The van der Waals surface area contributed by atoms with Crippen LogP contribution < -0.4 is 10.9 Å². The summed E-state index contributed by atoms with van der Waals surface area (Å²) in [4.78, 5) is 12.1. The largest absolute Gasteiger partial charge is 0.314 e. The Morgan fingerprint density at radius 2 is 2.17 bits per heavy atom. The monoisotopic (exact) mass is 244 g/mol. The molecule has 0 amide bonds. The summed E-state index contributed by atoms with van der Waals surface area (Å²) in [6, 6.07) is 8.03. The predicted octanol–water partition coefficient (Wildman–Crippen LogP) is 0.934. The molecule has 1 aromatic carbocycles. The summed E-state index contributed by atoms with van der Waals surface area (Å²) in [6.45, 7) is 1.56. The van der Waals surface area contributed by atoms with Gasteiger partial charge in [0.25, 0.3) is 5.56 Å². The van der Waals surface area contributed by atoms with Crippen LogP contribution in [0.1, 0.15) is 19.3 Å². The number of nitrogens with one attached hydrogen (secondary N) is 1. The quantitative estimate of drug-likeness (QED) is 0.795. The van der Waals surface area contributed by atoms with Crippen molar-refractivity contribution >= 4 is 10.9 Å². The molecule has 1 fully saturated rings. The molecule has 0 saturated heterocycles. The van der Waals surface area contributed by atoms with E-state index in [2.05, 4.69) is 15.6 Å². The lowest BCUT2D eigenvalue weighted by Gasteiger charge is -2.05. The molecular formula is C13H16N4O. The highest BCUT2D eigenvalue weighted by Crippen LogP contribution is 2.18. The Hall–Kier alpha value is -1.75. The van der Waals surface area contributed by atoms with Crippen molar-refractivity contribution in [3.05, 3.63) is 34.6 Å². The van der Waals surface area contributed by atoms with Crippen molar-refractivity contribution < 1.29 is 0 Å². The second-order valence-corrected chi connectivity index (χ2v) is 4.72. The van der Waals surface area contributed by atoms with Crippen LogP contribution in [0.15, 0.2) is 29.1 Å². The molecule has 2 aromatic rings. The van der Waals surface area contributed by atoms with Crippen LogP contribution >= 0.6 is 0 Å². The van der Waals surface area contributed by atoms with E-state index in [9.17, 15) is 4.79 Å². The van der Waals surface area contributed by atoms with Gasteiger partial charge >= 0.3 is 0 Å². The van der Waals surface area contributed by atoms with Gasteiger partial charge in [0.1, 0.15) is 5.52 Å². The van der Waals surface area contributed by atoms with Crippen LogP contribution in [0.2, 0.25) is 0 Å². The Balaban J connectivity index is 1.71. The summed E-state index contributed by atoms with van der Waals surface area (Å²) in [5.41, 5.74) is 0.613. The van der Waals surface area contributed by atoms with Gasteiger partial charge in [-0.15, -0.1) is 5.10 Å². The maximum absolute atomic E-state index is 12.1. The second kappa shape index (κ2) is 4.86. The van der Waals surface area contributed by atoms with Crippen molar-refractivity contribution in [3.63, 3.8) is 0 Å². The van der Waals surface area contributed by atoms with Crippen LogP contribution in [-0.2, 0) is 6.54 Å². The normalized spacial score (nSPS) is 15.1. The fourth-order valence-electron chi connectivity index (χ4n) is 1.99. The molecule has 5 heteroatoms. The molecule has 1 aliphatic rings. The van der Waals surface area contributed by atoms with E-state index in [4.69, 9.17) is 0 Å². The summed E-state index contributed by atoms with van der Waals surface area (Å²) in [5, 5.41) is 12.1. The molecule has 3 rings (SSSR count). The Kier molecular flexibility index (Phi) is 3.06. The molecule has 1 aliphatic carbocycles. The molecule has 18 heavy (non-hydrogen) atoms. The highest BCUT2D eigenvalue weighted by molar-refractivity contribution is 5.76.